The maximum atomic E-state index is 13.7. The summed E-state index contributed by atoms with van der Waals surface area (Å²) in [5, 5.41) is 22.8. The summed E-state index contributed by atoms with van der Waals surface area (Å²) < 4.78 is 10.7. The first-order valence-corrected chi connectivity index (χ1v) is 9.32. The van der Waals surface area contributed by atoms with E-state index >= 15 is 0 Å². The van der Waals surface area contributed by atoms with Gasteiger partial charge in [0.15, 0.2) is 11.6 Å². The average molecular weight is 427 g/mol. The van der Waals surface area contributed by atoms with Crippen LogP contribution < -0.4 is 0 Å². The summed E-state index contributed by atoms with van der Waals surface area (Å²) in [6, 6.07) is 11.3. The molecule has 0 radical (unpaired) electrons. The van der Waals surface area contributed by atoms with E-state index in [-0.39, 0.29) is 18.6 Å². The predicted molar refractivity (Wildman–Crippen MR) is 104 cm³/mol. The molecule has 0 aromatic heterocycles. The smallest absolute Gasteiger partial charge is 0.326 e. The van der Waals surface area contributed by atoms with E-state index in [1.807, 2.05) is 0 Å². The number of hydrogen-bond donors (Lipinski definition) is 0. The lowest BCUT2D eigenvalue weighted by atomic mass is 9.76. The molecule has 11 nitrogen and oxygen atoms in total. The molecule has 2 aromatic rings. The lowest BCUT2D eigenvalue weighted by Gasteiger charge is -2.28. The SMILES string of the molecule is COC(=O)[C@]1(c2ccc([N+](=O)[O-])cc2[N+](=O)[O-])C[C@@H]2CO[C@@H](c3ccccc3)N2C1=O. The molecule has 2 aliphatic rings. The Morgan fingerprint density at radius 2 is 1.87 bits per heavy atom. The first-order chi connectivity index (χ1) is 14.8. The Morgan fingerprint density at radius 1 is 1.16 bits per heavy atom. The van der Waals surface area contributed by atoms with Crippen LogP contribution in [0.5, 0.6) is 0 Å². The molecular formula is C20H17N3O8. The molecule has 0 unspecified atom stereocenters. The molecule has 2 aromatic carbocycles. The summed E-state index contributed by atoms with van der Waals surface area (Å²) in [6.45, 7) is 0.130. The predicted octanol–water partition coefficient (Wildman–Crippen LogP) is 2.24. The second kappa shape index (κ2) is 7.43. The number of rotatable bonds is 5. The molecule has 0 bridgehead atoms. The number of fused-ring (bicyclic) bond motifs is 1. The van der Waals surface area contributed by atoms with Crippen LogP contribution >= 0.6 is 0 Å². The van der Waals surface area contributed by atoms with Gasteiger partial charge in [-0.2, -0.15) is 0 Å². The molecule has 0 N–H and O–H groups in total. The van der Waals surface area contributed by atoms with Crippen molar-refractivity contribution in [3.63, 3.8) is 0 Å². The first kappa shape index (κ1) is 20.4. The van der Waals surface area contributed by atoms with Crippen molar-refractivity contribution >= 4 is 23.3 Å². The molecule has 0 spiro atoms. The van der Waals surface area contributed by atoms with Gasteiger partial charge in [-0.15, -0.1) is 0 Å². The minimum Gasteiger partial charge on any atom is -0.468 e. The number of hydrogen-bond acceptors (Lipinski definition) is 8. The van der Waals surface area contributed by atoms with Crippen LogP contribution in [0.3, 0.4) is 0 Å². The second-order valence-corrected chi connectivity index (χ2v) is 7.28. The van der Waals surface area contributed by atoms with E-state index < -0.39 is 50.8 Å². The van der Waals surface area contributed by atoms with Gasteiger partial charge in [0.2, 0.25) is 5.91 Å². The van der Waals surface area contributed by atoms with Gasteiger partial charge in [0.1, 0.15) is 0 Å². The van der Waals surface area contributed by atoms with Crippen molar-refractivity contribution in [2.75, 3.05) is 13.7 Å². The molecule has 0 aliphatic carbocycles. The largest absolute Gasteiger partial charge is 0.468 e. The second-order valence-electron chi connectivity index (χ2n) is 7.28. The lowest BCUT2D eigenvalue weighted by molar-refractivity contribution is -0.394. The molecule has 4 rings (SSSR count). The van der Waals surface area contributed by atoms with E-state index in [9.17, 15) is 29.8 Å². The fourth-order valence-corrected chi connectivity index (χ4v) is 4.35. The van der Waals surface area contributed by atoms with Gasteiger partial charge in [-0.3, -0.25) is 29.8 Å². The number of carbonyl (C=O) groups excluding carboxylic acids is 2. The number of amides is 1. The van der Waals surface area contributed by atoms with Crippen LogP contribution in [-0.4, -0.2) is 46.4 Å². The normalized spacial score (nSPS) is 24.7. The van der Waals surface area contributed by atoms with E-state index in [1.54, 1.807) is 30.3 Å². The number of nitro benzene ring substituents is 2. The molecule has 2 saturated heterocycles. The third-order valence-corrected chi connectivity index (χ3v) is 5.70. The quantitative estimate of drug-likeness (QED) is 0.306. The highest BCUT2D eigenvalue weighted by molar-refractivity contribution is 6.11. The van der Waals surface area contributed by atoms with Gasteiger partial charge in [0.25, 0.3) is 11.4 Å². The Morgan fingerprint density at radius 3 is 2.48 bits per heavy atom. The van der Waals surface area contributed by atoms with E-state index in [4.69, 9.17) is 9.47 Å². The molecule has 3 atom stereocenters. The molecule has 0 saturated carbocycles. The molecule has 160 valence electrons. The van der Waals surface area contributed by atoms with Crippen molar-refractivity contribution in [2.45, 2.75) is 24.1 Å². The van der Waals surface area contributed by atoms with Crippen molar-refractivity contribution in [3.8, 4) is 0 Å². The number of benzene rings is 2. The van der Waals surface area contributed by atoms with Crippen LogP contribution in [0.4, 0.5) is 11.4 Å². The monoisotopic (exact) mass is 427 g/mol. The summed E-state index contributed by atoms with van der Waals surface area (Å²) in [5.41, 5.74) is -2.76. The van der Waals surface area contributed by atoms with Gasteiger partial charge >= 0.3 is 5.97 Å². The van der Waals surface area contributed by atoms with E-state index in [0.717, 1.165) is 25.3 Å². The summed E-state index contributed by atoms with van der Waals surface area (Å²) in [4.78, 5) is 49.2. The number of ether oxygens (including phenoxy) is 2. The number of nitro groups is 2. The van der Waals surface area contributed by atoms with Crippen LogP contribution in [0, 0.1) is 20.2 Å². The topological polar surface area (TPSA) is 142 Å². The highest BCUT2D eigenvalue weighted by Crippen LogP contribution is 2.50. The van der Waals surface area contributed by atoms with Crippen molar-refractivity contribution < 1.29 is 28.9 Å². The molecule has 2 fully saturated rings. The summed E-state index contributed by atoms with van der Waals surface area (Å²) >= 11 is 0. The van der Waals surface area contributed by atoms with Gasteiger partial charge in [0.05, 0.1) is 41.2 Å². The van der Waals surface area contributed by atoms with Gasteiger partial charge in [-0.1, -0.05) is 30.3 Å². The maximum Gasteiger partial charge on any atom is 0.326 e. The number of esters is 1. The minimum atomic E-state index is -2.01. The van der Waals surface area contributed by atoms with Gasteiger partial charge in [-0.05, 0) is 12.5 Å². The fourth-order valence-electron chi connectivity index (χ4n) is 4.35. The van der Waals surface area contributed by atoms with Crippen molar-refractivity contribution in [2.24, 2.45) is 0 Å². The van der Waals surface area contributed by atoms with Crippen LogP contribution in [0.2, 0.25) is 0 Å². The van der Waals surface area contributed by atoms with Crippen LogP contribution in [0.15, 0.2) is 48.5 Å². The number of nitrogens with zero attached hydrogens (tertiary/aromatic N) is 3. The van der Waals surface area contributed by atoms with Crippen molar-refractivity contribution in [3.05, 3.63) is 79.9 Å². The van der Waals surface area contributed by atoms with Gasteiger partial charge in [0, 0.05) is 11.6 Å². The Balaban J connectivity index is 1.86. The van der Waals surface area contributed by atoms with Crippen LogP contribution in [-0.2, 0) is 24.5 Å². The standard InChI is InChI=1S/C20H17N3O8/c1-30-19(25)20(15-8-7-13(22(26)27)9-16(15)23(28)29)10-14-11-31-17(21(14)18(20)24)12-5-3-2-4-6-12/h2-9,14,17H,10-11H2,1H3/t14-,17+,20+/m1/s1. The summed E-state index contributed by atoms with van der Waals surface area (Å²) in [5.74, 6) is -1.66. The minimum absolute atomic E-state index is 0.111. The Bertz CT molecular complexity index is 1090. The van der Waals surface area contributed by atoms with Gasteiger partial charge < -0.3 is 14.4 Å². The third kappa shape index (κ3) is 3.01. The summed E-state index contributed by atoms with van der Waals surface area (Å²) in [7, 11) is 1.09. The van der Waals surface area contributed by atoms with Crippen molar-refractivity contribution in [1.29, 1.82) is 0 Å². The zero-order valence-corrected chi connectivity index (χ0v) is 16.3. The average Bonchev–Trinajstić information content (AvgIpc) is 3.31. The maximum absolute atomic E-state index is 13.7. The van der Waals surface area contributed by atoms with Crippen molar-refractivity contribution in [1.82, 2.24) is 4.90 Å². The van der Waals surface area contributed by atoms with Crippen LogP contribution in [0.1, 0.15) is 23.8 Å². The van der Waals surface area contributed by atoms with E-state index in [0.29, 0.717) is 5.56 Å². The van der Waals surface area contributed by atoms with E-state index in [1.165, 1.54) is 4.90 Å². The number of non-ortho nitro benzene ring substituents is 1. The number of methoxy groups -OCH3 is 1. The molecule has 1 amide bonds. The fraction of sp³-hybridized carbons (Fsp3) is 0.300. The Kier molecular flexibility index (Phi) is 4.90. The highest BCUT2D eigenvalue weighted by Gasteiger charge is 2.64. The lowest BCUT2D eigenvalue weighted by Crippen LogP contribution is -2.46. The molecule has 31 heavy (non-hydrogen) atoms. The highest BCUT2D eigenvalue weighted by atomic mass is 16.6. The summed E-state index contributed by atoms with van der Waals surface area (Å²) in [6.07, 6.45) is -0.872. The zero-order valence-electron chi connectivity index (χ0n) is 16.3. The molecule has 11 heteroatoms. The van der Waals surface area contributed by atoms with Crippen LogP contribution in [0.25, 0.3) is 0 Å². The molecule has 2 heterocycles. The first-order valence-electron chi connectivity index (χ1n) is 9.32. The molecular weight excluding hydrogens is 410 g/mol. The Hall–Kier alpha value is -3.86. The zero-order chi connectivity index (χ0) is 22.3. The van der Waals surface area contributed by atoms with E-state index in [2.05, 4.69) is 0 Å². The molecule has 2 aliphatic heterocycles. The Labute approximate surface area is 175 Å². The third-order valence-electron chi connectivity index (χ3n) is 5.70. The van der Waals surface area contributed by atoms with Gasteiger partial charge in [-0.25, -0.2) is 0 Å². The number of carbonyl (C=O) groups is 2.